The van der Waals surface area contributed by atoms with Crippen molar-refractivity contribution in [3.05, 3.63) is 30.1 Å². The fourth-order valence-corrected chi connectivity index (χ4v) is 1.49. The fourth-order valence-electron chi connectivity index (χ4n) is 1.49. The van der Waals surface area contributed by atoms with Gasteiger partial charge in [0.15, 0.2) is 0 Å². The summed E-state index contributed by atoms with van der Waals surface area (Å²) in [6, 6.07) is 5.56. The van der Waals surface area contributed by atoms with E-state index in [0.29, 0.717) is 5.88 Å². The van der Waals surface area contributed by atoms with Crippen molar-refractivity contribution in [2.75, 3.05) is 0 Å². The summed E-state index contributed by atoms with van der Waals surface area (Å²) in [7, 11) is 0. The number of benzene rings is 1. The second-order valence-corrected chi connectivity index (χ2v) is 3.86. The van der Waals surface area contributed by atoms with Crippen molar-refractivity contribution in [2.24, 2.45) is 0 Å². The molecule has 0 aliphatic heterocycles. The fraction of sp³-hybridized carbons (Fsp3) is 0.333. The van der Waals surface area contributed by atoms with Gasteiger partial charge in [-0.25, -0.2) is 9.97 Å². The van der Waals surface area contributed by atoms with Crippen molar-refractivity contribution >= 4 is 10.9 Å². The van der Waals surface area contributed by atoms with E-state index in [0.717, 1.165) is 16.5 Å². The van der Waals surface area contributed by atoms with Crippen LogP contribution in [-0.2, 0) is 6.61 Å². The van der Waals surface area contributed by atoms with Crippen LogP contribution >= 0.6 is 0 Å². The first kappa shape index (κ1) is 10.8. The molecule has 16 heavy (non-hydrogen) atoms. The standard InChI is InChI=1S/C12H14N2O2/c1-8(2)16-12-10-4-3-9(6-15)5-11(10)13-7-14-12/h3-5,7-8,15H,6H2,1-2H3. The molecule has 2 rings (SSSR count). The van der Waals surface area contributed by atoms with Crippen molar-refractivity contribution in [1.29, 1.82) is 0 Å². The second kappa shape index (κ2) is 4.45. The molecule has 0 atom stereocenters. The van der Waals surface area contributed by atoms with Crippen LogP contribution in [0, 0.1) is 0 Å². The Morgan fingerprint density at radius 2 is 2.12 bits per heavy atom. The summed E-state index contributed by atoms with van der Waals surface area (Å²) >= 11 is 0. The Balaban J connectivity index is 2.51. The molecule has 1 aromatic heterocycles. The molecule has 4 heteroatoms. The Hall–Kier alpha value is -1.68. The molecule has 0 radical (unpaired) electrons. The van der Waals surface area contributed by atoms with Crippen LogP contribution in [0.4, 0.5) is 0 Å². The Morgan fingerprint density at radius 3 is 2.81 bits per heavy atom. The summed E-state index contributed by atoms with van der Waals surface area (Å²) in [5, 5.41) is 9.91. The van der Waals surface area contributed by atoms with E-state index in [2.05, 4.69) is 9.97 Å². The minimum absolute atomic E-state index is 0.0142. The number of aromatic nitrogens is 2. The van der Waals surface area contributed by atoms with Crippen molar-refractivity contribution in [3.8, 4) is 5.88 Å². The molecular formula is C12H14N2O2. The first-order valence-corrected chi connectivity index (χ1v) is 5.22. The molecule has 2 aromatic rings. The first-order chi connectivity index (χ1) is 7.70. The quantitative estimate of drug-likeness (QED) is 0.855. The Morgan fingerprint density at radius 1 is 1.31 bits per heavy atom. The highest BCUT2D eigenvalue weighted by molar-refractivity contribution is 5.83. The van der Waals surface area contributed by atoms with Crippen LogP contribution in [0.25, 0.3) is 10.9 Å². The molecule has 0 fully saturated rings. The third kappa shape index (κ3) is 2.12. The normalized spacial score (nSPS) is 11.0. The van der Waals surface area contributed by atoms with E-state index < -0.39 is 0 Å². The topological polar surface area (TPSA) is 55.2 Å². The summed E-state index contributed by atoms with van der Waals surface area (Å²) in [6.07, 6.45) is 1.55. The summed E-state index contributed by atoms with van der Waals surface area (Å²) in [4.78, 5) is 8.26. The maximum atomic E-state index is 9.04. The average Bonchev–Trinajstić information content (AvgIpc) is 2.28. The molecule has 1 aromatic carbocycles. The molecule has 0 unspecified atom stereocenters. The summed E-state index contributed by atoms with van der Waals surface area (Å²) in [5.41, 5.74) is 1.62. The molecule has 0 saturated heterocycles. The number of hydrogen-bond donors (Lipinski definition) is 1. The lowest BCUT2D eigenvalue weighted by Gasteiger charge is -2.10. The number of fused-ring (bicyclic) bond motifs is 1. The maximum absolute atomic E-state index is 9.04. The zero-order valence-electron chi connectivity index (χ0n) is 9.34. The maximum Gasteiger partial charge on any atom is 0.224 e. The molecule has 0 bridgehead atoms. The lowest BCUT2D eigenvalue weighted by molar-refractivity contribution is 0.235. The van der Waals surface area contributed by atoms with Gasteiger partial charge in [0.25, 0.3) is 0 Å². The summed E-state index contributed by atoms with van der Waals surface area (Å²) in [5.74, 6) is 0.587. The van der Waals surface area contributed by atoms with Gasteiger partial charge in [0.05, 0.1) is 23.6 Å². The molecule has 4 nitrogen and oxygen atoms in total. The number of aliphatic hydroxyl groups excluding tert-OH is 1. The van der Waals surface area contributed by atoms with Gasteiger partial charge in [-0.05, 0) is 31.5 Å². The molecule has 0 saturated carbocycles. The van der Waals surface area contributed by atoms with E-state index >= 15 is 0 Å². The molecule has 0 spiro atoms. The summed E-state index contributed by atoms with van der Waals surface area (Å²) < 4.78 is 5.59. The van der Waals surface area contributed by atoms with Gasteiger partial charge in [-0.1, -0.05) is 6.07 Å². The Kier molecular flexibility index (Phi) is 3.01. The SMILES string of the molecule is CC(C)Oc1ncnc2cc(CO)ccc12. The number of nitrogens with zero attached hydrogens (tertiary/aromatic N) is 2. The van der Waals surface area contributed by atoms with E-state index in [9.17, 15) is 0 Å². The number of ether oxygens (including phenoxy) is 1. The van der Waals surface area contributed by atoms with E-state index in [1.165, 1.54) is 6.33 Å². The minimum atomic E-state index is 0.0142. The van der Waals surface area contributed by atoms with Crippen LogP contribution in [0.15, 0.2) is 24.5 Å². The lowest BCUT2D eigenvalue weighted by Crippen LogP contribution is -2.07. The number of hydrogen-bond acceptors (Lipinski definition) is 4. The third-order valence-corrected chi connectivity index (χ3v) is 2.19. The van der Waals surface area contributed by atoms with Crippen LogP contribution in [-0.4, -0.2) is 21.2 Å². The lowest BCUT2D eigenvalue weighted by atomic mass is 10.1. The van der Waals surface area contributed by atoms with Gasteiger partial charge in [0.2, 0.25) is 5.88 Å². The van der Waals surface area contributed by atoms with Crippen molar-refractivity contribution in [2.45, 2.75) is 26.6 Å². The highest BCUT2D eigenvalue weighted by Gasteiger charge is 2.06. The predicted molar refractivity (Wildman–Crippen MR) is 61.2 cm³/mol. The van der Waals surface area contributed by atoms with Crippen molar-refractivity contribution < 1.29 is 9.84 Å². The average molecular weight is 218 g/mol. The molecule has 1 N–H and O–H groups in total. The predicted octanol–water partition coefficient (Wildman–Crippen LogP) is 1.91. The van der Waals surface area contributed by atoms with Crippen LogP contribution < -0.4 is 4.74 Å². The molecule has 0 aliphatic carbocycles. The van der Waals surface area contributed by atoms with Gasteiger partial charge in [-0.15, -0.1) is 0 Å². The van der Waals surface area contributed by atoms with Crippen LogP contribution in [0.2, 0.25) is 0 Å². The molecule has 1 heterocycles. The molecule has 0 amide bonds. The smallest absolute Gasteiger partial charge is 0.224 e. The second-order valence-electron chi connectivity index (χ2n) is 3.86. The van der Waals surface area contributed by atoms with E-state index in [1.54, 1.807) is 0 Å². The Bertz CT molecular complexity index is 497. The van der Waals surface area contributed by atoms with Gasteiger partial charge in [-0.2, -0.15) is 0 Å². The van der Waals surface area contributed by atoms with Gasteiger partial charge in [0.1, 0.15) is 6.33 Å². The molecule has 84 valence electrons. The van der Waals surface area contributed by atoms with Crippen molar-refractivity contribution in [1.82, 2.24) is 9.97 Å². The van der Waals surface area contributed by atoms with Crippen LogP contribution in [0.3, 0.4) is 0 Å². The highest BCUT2D eigenvalue weighted by atomic mass is 16.5. The van der Waals surface area contributed by atoms with Crippen molar-refractivity contribution in [3.63, 3.8) is 0 Å². The van der Waals surface area contributed by atoms with E-state index in [1.807, 2.05) is 32.0 Å². The molecule has 0 aliphatic rings. The third-order valence-electron chi connectivity index (χ3n) is 2.19. The monoisotopic (exact) mass is 218 g/mol. The van der Waals surface area contributed by atoms with E-state index in [-0.39, 0.29) is 12.7 Å². The summed E-state index contributed by atoms with van der Waals surface area (Å²) in [6.45, 7) is 3.92. The van der Waals surface area contributed by atoms with Gasteiger partial charge in [-0.3, -0.25) is 0 Å². The van der Waals surface area contributed by atoms with Gasteiger partial charge < -0.3 is 9.84 Å². The highest BCUT2D eigenvalue weighted by Crippen LogP contribution is 2.23. The van der Waals surface area contributed by atoms with Crippen LogP contribution in [0.5, 0.6) is 5.88 Å². The number of aliphatic hydroxyl groups is 1. The van der Waals surface area contributed by atoms with Gasteiger partial charge in [0, 0.05) is 0 Å². The zero-order valence-corrected chi connectivity index (χ0v) is 9.34. The van der Waals surface area contributed by atoms with Crippen LogP contribution in [0.1, 0.15) is 19.4 Å². The first-order valence-electron chi connectivity index (χ1n) is 5.22. The Labute approximate surface area is 93.9 Å². The van der Waals surface area contributed by atoms with E-state index in [4.69, 9.17) is 9.84 Å². The number of rotatable bonds is 3. The largest absolute Gasteiger partial charge is 0.474 e. The van der Waals surface area contributed by atoms with Gasteiger partial charge >= 0.3 is 0 Å². The molecular weight excluding hydrogens is 204 g/mol. The zero-order chi connectivity index (χ0) is 11.5. The minimum Gasteiger partial charge on any atom is -0.474 e.